The minimum absolute atomic E-state index is 0.0790. The summed E-state index contributed by atoms with van der Waals surface area (Å²) in [5.41, 5.74) is 2.72. The Kier molecular flexibility index (Phi) is 6.42. The highest BCUT2D eigenvalue weighted by Crippen LogP contribution is 2.20. The fourth-order valence-electron chi connectivity index (χ4n) is 2.77. The van der Waals surface area contributed by atoms with Crippen LogP contribution in [-0.2, 0) is 0 Å². The van der Waals surface area contributed by atoms with Crippen LogP contribution in [0, 0.1) is 0 Å². The van der Waals surface area contributed by atoms with Crippen LogP contribution in [0.15, 0.2) is 91.0 Å². The van der Waals surface area contributed by atoms with Gasteiger partial charge < -0.3 is 10.1 Å². The van der Waals surface area contributed by atoms with Crippen molar-refractivity contribution in [1.29, 1.82) is 0 Å². The fourth-order valence-corrected chi connectivity index (χ4v) is 2.77. The Labute approximate surface area is 160 Å². The molecule has 0 bridgehead atoms. The summed E-state index contributed by atoms with van der Waals surface area (Å²) in [7, 11) is 0. The summed E-state index contributed by atoms with van der Waals surface area (Å²) in [6, 6.07) is 27.2. The third-order valence-electron chi connectivity index (χ3n) is 4.22. The zero-order chi connectivity index (χ0) is 18.9. The van der Waals surface area contributed by atoms with E-state index in [1.165, 1.54) is 0 Å². The lowest BCUT2D eigenvalue weighted by Crippen LogP contribution is -2.27. The second-order valence-electron chi connectivity index (χ2n) is 6.23. The van der Waals surface area contributed by atoms with Crippen LogP contribution in [0.5, 0.6) is 5.75 Å². The van der Waals surface area contributed by atoms with E-state index in [2.05, 4.69) is 5.32 Å². The summed E-state index contributed by atoms with van der Waals surface area (Å²) in [6.45, 7) is 2.37. The number of hydrogen-bond donors (Lipinski definition) is 1. The lowest BCUT2D eigenvalue weighted by atomic mass is 10.1. The van der Waals surface area contributed by atoms with E-state index in [9.17, 15) is 4.79 Å². The molecule has 0 spiro atoms. The monoisotopic (exact) mass is 357 g/mol. The Hall–Kier alpha value is -3.33. The van der Waals surface area contributed by atoms with Gasteiger partial charge in [0.05, 0.1) is 11.6 Å². The molecule has 1 N–H and O–H groups in total. The molecule has 0 fully saturated rings. The summed E-state index contributed by atoms with van der Waals surface area (Å²) in [6.07, 6.45) is 3.94. The molecule has 0 saturated heterocycles. The second kappa shape index (κ2) is 9.39. The van der Waals surface area contributed by atoms with E-state index in [1.807, 2.05) is 97.9 Å². The first kappa shape index (κ1) is 18.5. The number of carbonyl (C=O) groups is 1. The third kappa shape index (κ3) is 5.32. The molecule has 3 nitrogen and oxygen atoms in total. The predicted molar refractivity (Wildman–Crippen MR) is 110 cm³/mol. The van der Waals surface area contributed by atoms with Gasteiger partial charge in [-0.25, -0.2) is 0 Å². The minimum atomic E-state index is -0.144. The Bertz CT molecular complexity index is 889. The number of carbonyl (C=O) groups excluding carboxylic acids is 1. The van der Waals surface area contributed by atoms with Gasteiger partial charge in [-0.05, 0) is 36.3 Å². The molecular formula is C24H23NO2. The van der Waals surface area contributed by atoms with Crippen LogP contribution in [-0.4, -0.2) is 12.5 Å². The highest BCUT2D eigenvalue weighted by molar-refractivity contribution is 5.97. The van der Waals surface area contributed by atoms with Gasteiger partial charge in [0.15, 0.2) is 0 Å². The Morgan fingerprint density at radius 2 is 1.56 bits per heavy atom. The zero-order valence-corrected chi connectivity index (χ0v) is 15.3. The van der Waals surface area contributed by atoms with Crippen LogP contribution in [0.4, 0.5) is 0 Å². The average Bonchev–Trinajstić information content (AvgIpc) is 2.73. The average molecular weight is 357 g/mol. The van der Waals surface area contributed by atoms with Crippen molar-refractivity contribution in [2.45, 2.75) is 13.0 Å². The molecule has 0 radical (unpaired) electrons. The second-order valence-corrected chi connectivity index (χ2v) is 6.23. The van der Waals surface area contributed by atoms with E-state index >= 15 is 0 Å². The van der Waals surface area contributed by atoms with Crippen molar-refractivity contribution in [3.63, 3.8) is 0 Å². The molecule has 136 valence electrons. The van der Waals surface area contributed by atoms with Gasteiger partial charge in [-0.1, -0.05) is 78.9 Å². The minimum Gasteiger partial charge on any atom is -0.489 e. The molecular weight excluding hydrogens is 334 g/mol. The van der Waals surface area contributed by atoms with Crippen molar-refractivity contribution < 1.29 is 9.53 Å². The SMILES string of the molecule is C[C@H](NC(=O)c1ccccc1OC/C=C/c1ccccc1)c1ccccc1. The van der Waals surface area contributed by atoms with Crippen molar-refractivity contribution in [3.05, 3.63) is 108 Å². The van der Waals surface area contributed by atoms with Gasteiger partial charge in [-0.3, -0.25) is 4.79 Å². The van der Waals surface area contributed by atoms with Gasteiger partial charge in [0.2, 0.25) is 0 Å². The number of amides is 1. The zero-order valence-electron chi connectivity index (χ0n) is 15.3. The van der Waals surface area contributed by atoms with Crippen LogP contribution < -0.4 is 10.1 Å². The van der Waals surface area contributed by atoms with Crippen molar-refractivity contribution in [2.24, 2.45) is 0 Å². The maximum Gasteiger partial charge on any atom is 0.255 e. The normalized spacial score (nSPS) is 11.9. The van der Waals surface area contributed by atoms with Crippen molar-refractivity contribution in [1.82, 2.24) is 5.32 Å². The van der Waals surface area contributed by atoms with E-state index in [0.717, 1.165) is 11.1 Å². The number of nitrogens with one attached hydrogen (secondary N) is 1. The quantitative estimate of drug-likeness (QED) is 0.625. The molecule has 0 saturated carbocycles. The largest absolute Gasteiger partial charge is 0.489 e. The van der Waals surface area contributed by atoms with Gasteiger partial charge in [0.1, 0.15) is 12.4 Å². The van der Waals surface area contributed by atoms with Crippen LogP contribution in [0.1, 0.15) is 34.5 Å². The molecule has 1 amide bonds. The molecule has 0 aliphatic heterocycles. The van der Waals surface area contributed by atoms with E-state index in [-0.39, 0.29) is 11.9 Å². The van der Waals surface area contributed by atoms with Crippen LogP contribution in [0.3, 0.4) is 0 Å². The molecule has 27 heavy (non-hydrogen) atoms. The van der Waals surface area contributed by atoms with Crippen molar-refractivity contribution >= 4 is 12.0 Å². The highest BCUT2D eigenvalue weighted by atomic mass is 16.5. The molecule has 0 unspecified atom stereocenters. The van der Waals surface area contributed by atoms with E-state index in [0.29, 0.717) is 17.9 Å². The summed E-state index contributed by atoms with van der Waals surface area (Å²) >= 11 is 0. The van der Waals surface area contributed by atoms with E-state index < -0.39 is 0 Å². The first-order chi connectivity index (χ1) is 13.2. The maximum absolute atomic E-state index is 12.7. The standard InChI is InChI=1S/C24H23NO2/c1-19(21-14-6-3-7-15-21)25-24(26)22-16-8-9-17-23(22)27-18-10-13-20-11-4-2-5-12-20/h2-17,19H,18H2,1H3,(H,25,26)/b13-10+/t19-/m0/s1. The smallest absolute Gasteiger partial charge is 0.255 e. The van der Waals surface area contributed by atoms with Crippen LogP contribution >= 0.6 is 0 Å². The molecule has 3 aromatic rings. The van der Waals surface area contributed by atoms with Gasteiger partial charge >= 0.3 is 0 Å². The Morgan fingerprint density at radius 1 is 0.926 bits per heavy atom. The molecule has 3 aromatic carbocycles. The highest BCUT2D eigenvalue weighted by Gasteiger charge is 2.15. The summed E-state index contributed by atoms with van der Waals surface area (Å²) < 4.78 is 5.82. The number of hydrogen-bond acceptors (Lipinski definition) is 2. The van der Waals surface area contributed by atoms with Gasteiger partial charge in [0, 0.05) is 0 Å². The molecule has 0 heterocycles. The first-order valence-corrected chi connectivity index (χ1v) is 9.03. The topological polar surface area (TPSA) is 38.3 Å². The number of para-hydroxylation sites is 1. The van der Waals surface area contributed by atoms with Crippen molar-refractivity contribution in [2.75, 3.05) is 6.61 Å². The number of rotatable bonds is 7. The molecule has 0 aliphatic rings. The number of ether oxygens (including phenoxy) is 1. The third-order valence-corrected chi connectivity index (χ3v) is 4.22. The first-order valence-electron chi connectivity index (χ1n) is 9.03. The van der Waals surface area contributed by atoms with E-state index in [1.54, 1.807) is 6.07 Å². The molecule has 3 rings (SSSR count). The van der Waals surface area contributed by atoms with Crippen molar-refractivity contribution in [3.8, 4) is 5.75 Å². The predicted octanol–water partition coefficient (Wildman–Crippen LogP) is 5.27. The van der Waals surface area contributed by atoms with E-state index in [4.69, 9.17) is 4.74 Å². The number of benzene rings is 3. The van der Waals surface area contributed by atoms with Crippen LogP contribution in [0.25, 0.3) is 6.08 Å². The van der Waals surface area contributed by atoms with Gasteiger partial charge in [-0.15, -0.1) is 0 Å². The van der Waals surface area contributed by atoms with Gasteiger partial charge in [0.25, 0.3) is 5.91 Å². The molecule has 0 aliphatic carbocycles. The Balaban J connectivity index is 1.63. The summed E-state index contributed by atoms with van der Waals surface area (Å²) in [5, 5.41) is 3.03. The maximum atomic E-state index is 12.7. The van der Waals surface area contributed by atoms with Crippen LogP contribution in [0.2, 0.25) is 0 Å². The molecule has 0 aromatic heterocycles. The molecule has 1 atom stereocenters. The Morgan fingerprint density at radius 3 is 2.30 bits per heavy atom. The lowest BCUT2D eigenvalue weighted by molar-refractivity contribution is 0.0936. The lowest BCUT2D eigenvalue weighted by Gasteiger charge is -2.16. The summed E-state index contributed by atoms with van der Waals surface area (Å²) in [4.78, 5) is 12.7. The summed E-state index contributed by atoms with van der Waals surface area (Å²) in [5.74, 6) is 0.432. The fraction of sp³-hybridized carbons (Fsp3) is 0.125. The molecule has 3 heteroatoms. The van der Waals surface area contributed by atoms with Gasteiger partial charge in [-0.2, -0.15) is 0 Å².